The van der Waals surface area contributed by atoms with Gasteiger partial charge in [-0.05, 0) is 31.6 Å². The Hall–Kier alpha value is -0.630. The maximum atomic E-state index is 12.1. The quantitative estimate of drug-likeness (QED) is 0.680. The average Bonchev–Trinajstić information content (AvgIpc) is 2.40. The van der Waals surface area contributed by atoms with Gasteiger partial charge in [-0.3, -0.25) is 4.79 Å². The third-order valence-electron chi connectivity index (χ3n) is 4.02. The SMILES string of the molecule is C[C@H]1C[C@H]2C=C[C@@](C)(C1=O)[C@H]2CCO. The highest BCUT2D eigenvalue weighted by molar-refractivity contribution is 5.90. The molecule has 0 saturated heterocycles. The minimum Gasteiger partial charge on any atom is -0.396 e. The molecule has 4 atom stereocenters. The van der Waals surface area contributed by atoms with E-state index in [2.05, 4.69) is 12.2 Å². The fraction of sp³-hybridized carbons (Fsp3) is 0.750. The molecule has 0 aromatic carbocycles. The molecule has 1 N–H and O–H groups in total. The smallest absolute Gasteiger partial charge is 0.145 e. The van der Waals surface area contributed by atoms with Crippen LogP contribution in [0.2, 0.25) is 0 Å². The van der Waals surface area contributed by atoms with E-state index in [1.165, 1.54) is 0 Å². The van der Waals surface area contributed by atoms with Gasteiger partial charge in [0.15, 0.2) is 0 Å². The molecule has 14 heavy (non-hydrogen) atoms. The molecule has 78 valence electrons. The van der Waals surface area contributed by atoms with Crippen molar-refractivity contribution in [1.29, 1.82) is 0 Å². The van der Waals surface area contributed by atoms with Crippen LogP contribution in [0.3, 0.4) is 0 Å². The van der Waals surface area contributed by atoms with Crippen LogP contribution in [0.1, 0.15) is 26.7 Å². The second-order valence-electron chi connectivity index (χ2n) is 4.93. The van der Waals surface area contributed by atoms with E-state index in [9.17, 15) is 4.79 Å². The Labute approximate surface area is 85.0 Å². The highest BCUT2D eigenvalue weighted by Crippen LogP contribution is 2.51. The van der Waals surface area contributed by atoms with E-state index in [0.29, 0.717) is 17.6 Å². The van der Waals surface area contributed by atoms with E-state index >= 15 is 0 Å². The van der Waals surface area contributed by atoms with E-state index in [1.807, 2.05) is 13.8 Å². The molecule has 2 bridgehead atoms. The van der Waals surface area contributed by atoms with Crippen LogP contribution in [0.4, 0.5) is 0 Å². The summed E-state index contributed by atoms with van der Waals surface area (Å²) >= 11 is 0. The number of rotatable bonds is 2. The van der Waals surface area contributed by atoms with E-state index in [4.69, 9.17) is 5.11 Å². The van der Waals surface area contributed by atoms with E-state index in [1.54, 1.807) is 0 Å². The second kappa shape index (κ2) is 3.20. The number of carbonyl (C=O) groups is 1. The molecular formula is C12H18O2. The molecule has 0 aliphatic heterocycles. The summed E-state index contributed by atoms with van der Waals surface area (Å²) in [4.78, 5) is 12.1. The van der Waals surface area contributed by atoms with Crippen LogP contribution in [0.25, 0.3) is 0 Å². The number of allylic oxidation sites excluding steroid dienone is 2. The predicted molar refractivity (Wildman–Crippen MR) is 54.7 cm³/mol. The summed E-state index contributed by atoms with van der Waals surface area (Å²) in [5.41, 5.74) is -0.287. The van der Waals surface area contributed by atoms with E-state index in [0.717, 1.165) is 12.8 Å². The average molecular weight is 194 g/mol. The topological polar surface area (TPSA) is 37.3 Å². The van der Waals surface area contributed by atoms with Gasteiger partial charge < -0.3 is 5.11 Å². The van der Waals surface area contributed by atoms with Crippen LogP contribution in [0.5, 0.6) is 0 Å². The molecule has 1 saturated carbocycles. The zero-order valence-electron chi connectivity index (χ0n) is 8.86. The molecule has 0 heterocycles. The first-order valence-corrected chi connectivity index (χ1v) is 5.44. The molecule has 2 aliphatic rings. The molecule has 1 fully saturated rings. The monoisotopic (exact) mass is 194 g/mol. The molecule has 0 amide bonds. The van der Waals surface area contributed by atoms with Gasteiger partial charge in [-0.25, -0.2) is 0 Å². The number of Topliss-reactive ketones (excluding diaryl/α,β-unsaturated/α-hetero) is 1. The van der Waals surface area contributed by atoms with Crippen molar-refractivity contribution in [1.82, 2.24) is 0 Å². The Bertz CT molecular complexity index is 282. The molecule has 0 spiro atoms. The number of fused-ring (bicyclic) bond motifs is 2. The lowest BCUT2D eigenvalue weighted by Gasteiger charge is -2.40. The van der Waals surface area contributed by atoms with Crippen molar-refractivity contribution in [3.63, 3.8) is 0 Å². The predicted octanol–water partition coefficient (Wildman–Crippen LogP) is 1.79. The highest BCUT2D eigenvalue weighted by Gasteiger charge is 2.51. The van der Waals surface area contributed by atoms with Gasteiger partial charge in [0.2, 0.25) is 0 Å². The molecule has 0 radical (unpaired) electrons. The minimum atomic E-state index is -0.287. The Balaban J connectivity index is 2.29. The van der Waals surface area contributed by atoms with Crippen molar-refractivity contribution in [3.05, 3.63) is 12.2 Å². The highest BCUT2D eigenvalue weighted by atomic mass is 16.3. The Morgan fingerprint density at radius 2 is 2.36 bits per heavy atom. The number of hydrogen-bond donors (Lipinski definition) is 1. The fourth-order valence-corrected chi connectivity index (χ4v) is 3.23. The van der Waals surface area contributed by atoms with Gasteiger partial charge >= 0.3 is 0 Å². The maximum Gasteiger partial charge on any atom is 0.145 e. The largest absolute Gasteiger partial charge is 0.396 e. The van der Waals surface area contributed by atoms with Crippen molar-refractivity contribution in [3.8, 4) is 0 Å². The van der Waals surface area contributed by atoms with Crippen molar-refractivity contribution in [2.45, 2.75) is 26.7 Å². The summed E-state index contributed by atoms with van der Waals surface area (Å²) in [6, 6.07) is 0. The van der Waals surface area contributed by atoms with Crippen LogP contribution in [0.15, 0.2) is 12.2 Å². The molecule has 2 heteroatoms. The Morgan fingerprint density at radius 1 is 1.64 bits per heavy atom. The molecule has 2 rings (SSSR count). The summed E-state index contributed by atoms with van der Waals surface area (Å²) < 4.78 is 0. The van der Waals surface area contributed by atoms with E-state index in [-0.39, 0.29) is 17.9 Å². The van der Waals surface area contributed by atoms with Gasteiger partial charge in [0, 0.05) is 17.9 Å². The summed E-state index contributed by atoms with van der Waals surface area (Å²) in [7, 11) is 0. The Kier molecular flexibility index (Phi) is 2.26. The van der Waals surface area contributed by atoms with Crippen LogP contribution in [-0.4, -0.2) is 17.5 Å². The summed E-state index contributed by atoms with van der Waals surface area (Å²) in [6.45, 7) is 4.25. The first kappa shape index (κ1) is 9.91. The molecule has 0 aromatic rings. The lowest BCUT2D eigenvalue weighted by molar-refractivity contribution is -0.136. The molecule has 0 aromatic heterocycles. The third-order valence-corrected chi connectivity index (χ3v) is 4.02. The first-order valence-electron chi connectivity index (χ1n) is 5.44. The second-order valence-corrected chi connectivity index (χ2v) is 4.93. The van der Waals surface area contributed by atoms with Gasteiger partial charge in [0.1, 0.15) is 5.78 Å². The van der Waals surface area contributed by atoms with Gasteiger partial charge in [-0.2, -0.15) is 0 Å². The molecule has 0 unspecified atom stereocenters. The lowest BCUT2D eigenvalue weighted by atomic mass is 9.62. The van der Waals surface area contributed by atoms with Crippen molar-refractivity contribution in [2.24, 2.45) is 23.2 Å². The number of aliphatic hydroxyl groups is 1. The zero-order valence-corrected chi connectivity index (χ0v) is 8.86. The van der Waals surface area contributed by atoms with Gasteiger partial charge in [0.25, 0.3) is 0 Å². The number of ketones is 1. The van der Waals surface area contributed by atoms with Crippen molar-refractivity contribution >= 4 is 5.78 Å². The fourth-order valence-electron chi connectivity index (χ4n) is 3.23. The van der Waals surface area contributed by atoms with Crippen LogP contribution < -0.4 is 0 Å². The standard InChI is InChI=1S/C12H18O2/c1-8-7-9-3-5-12(2,11(8)14)10(9)4-6-13/h3,5,8-10,13H,4,6-7H2,1-2H3/t8-,9+,10-,12+/m0/s1. The number of hydrogen-bond acceptors (Lipinski definition) is 2. The van der Waals surface area contributed by atoms with Crippen molar-refractivity contribution < 1.29 is 9.90 Å². The summed E-state index contributed by atoms with van der Waals surface area (Å²) in [5.74, 6) is 1.41. The van der Waals surface area contributed by atoms with Crippen molar-refractivity contribution in [2.75, 3.05) is 6.61 Å². The van der Waals surface area contributed by atoms with Crippen LogP contribution in [-0.2, 0) is 4.79 Å². The maximum absolute atomic E-state index is 12.1. The zero-order chi connectivity index (χ0) is 10.3. The van der Waals surface area contributed by atoms with Gasteiger partial charge in [-0.1, -0.05) is 19.1 Å². The first-order chi connectivity index (χ1) is 6.59. The van der Waals surface area contributed by atoms with Gasteiger partial charge in [-0.15, -0.1) is 0 Å². The van der Waals surface area contributed by atoms with Gasteiger partial charge in [0.05, 0.1) is 0 Å². The number of aliphatic hydroxyl groups excluding tert-OH is 1. The number of carbonyl (C=O) groups excluding carboxylic acids is 1. The third kappa shape index (κ3) is 1.17. The minimum absolute atomic E-state index is 0.190. The summed E-state index contributed by atoms with van der Waals surface area (Å²) in [6.07, 6.45) is 5.98. The van der Waals surface area contributed by atoms with E-state index < -0.39 is 0 Å². The van der Waals surface area contributed by atoms with Crippen LogP contribution in [0, 0.1) is 23.2 Å². The molecule has 2 nitrogen and oxygen atoms in total. The Morgan fingerprint density at radius 3 is 3.00 bits per heavy atom. The molecular weight excluding hydrogens is 176 g/mol. The lowest BCUT2D eigenvalue weighted by Crippen LogP contribution is -2.43. The summed E-state index contributed by atoms with van der Waals surface area (Å²) in [5, 5.41) is 9.01. The molecule has 2 aliphatic carbocycles. The van der Waals surface area contributed by atoms with Crippen LogP contribution >= 0.6 is 0 Å². The normalized spacial score (nSPS) is 45.9.